The number of nitrogens with one attached hydrogen (secondary N) is 3. The Kier molecular flexibility index (Phi) is 7.07. The molecule has 7 nitrogen and oxygen atoms in total. The standard InChI is InChI=1S/C24H31N5O2/c1-25-24(26-16-20-15-19-5-3-4-6-22(19)28-20)27-17-23(29-11-13-31-14-12-29)18-7-9-21(30-2)10-8-18/h3-10,15,23,28H,11-14,16-17H2,1-2H3,(H2,25,26,27). The van der Waals surface area contributed by atoms with Crippen molar-refractivity contribution in [1.29, 1.82) is 0 Å². The lowest BCUT2D eigenvalue weighted by Gasteiger charge is -2.35. The Labute approximate surface area is 183 Å². The van der Waals surface area contributed by atoms with Gasteiger partial charge in [0, 0.05) is 37.9 Å². The average Bonchev–Trinajstić information content (AvgIpc) is 3.25. The maximum Gasteiger partial charge on any atom is 0.191 e. The van der Waals surface area contributed by atoms with E-state index in [1.165, 1.54) is 10.9 Å². The summed E-state index contributed by atoms with van der Waals surface area (Å²) in [6.07, 6.45) is 0. The van der Waals surface area contributed by atoms with Gasteiger partial charge in [-0.1, -0.05) is 30.3 Å². The van der Waals surface area contributed by atoms with Gasteiger partial charge in [-0.15, -0.1) is 0 Å². The average molecular weight is 422 g/mol. The summed E-state index contributed by atoms with van der Waals surface area (Å²) in [4.78, 5) is 10.3. The molecule has 1 aromatic heterocycles. The summed E-state index contributed by atoms with van der Waals surface area (Å²) in [6.45, 7) is 4.79. The molecule has 31 heavy (non-hydrogen) atoms. The van der Waals surface area contributed by atoms with Crippen LogP contribution in [0.5, 0.6) is 5.75 Å². The molecule has 0 spiro atoms. The molecule has 0 bridgehead atoms. The minimum atomic E-state index is 0.224. The molecule has 2 aromatic carbocycles. The van der Waals surface area contributed by atoms with Crippen LogP contribution in [-0.2, 0) is 11.3 Å². The number of fused-ring (bicyclic) bond motifs is 1. The molecule has 1 saturated heterocycles. The highest BCUT2D eigenvalue weighted by molar-refractivity contribution is 5.81. The molecule has 0 radical (unpaired) electrons. The van der Waals surface area contributed by atoms with Crippen molar-refractivity contribution in [2.45, 2.75) is 12.6 Å². The number of aromatic amines is 1. The van der Waals surface area contributed by atoms with Crippen molar-refractivity contribution in [2.75, 3.05) is 47.0 Å². The topological polar surface area (TPSA) is 73.9 Å². The highest BCUT2D eigenvalue weighted by atomic mass is 16.5. The van der Waals surface area contributed by atoms with Crippen LogP contribution in [-0.4, -0.2) is 62.8 Å². The molecule has 1 fully saturated rings. The van der Waals surface area contributed by atoms with Crippen LogP contribution >= 0.6 is 0 Å². The van der Waals surface area contributed by atoms with E-state index in [4.69, 9.17) is 9.47 Å². The molecule has 3 aromatic rings. The zero-order valence-corrected chi connectivity index (χ0v) is 18.2. The van der Waals surface area contributed by atoms with Crippen LogP contribution in [0.4, 0.5) is 0 Å². The summed E-state index contributed by atoms with van der Waals surface area (Å²) < 4.78 is 10.9. The number of nitrogens with zero attached hydrogens (tertiary/aromatic N) is 2. The summed E-state index contributed by atoms with van der Waals surface area (Å²) in [6, 6.07) is 19.0. The van der Waals surface area contributed by atoms with Gasteiger partial charge in [0.05, 0.1) is 32.9 Å². The predicted octanol–water partition coefficient (Wildman–Crippen LogP) is 2.92. The Hall–Kier alpha value is -3.03. The molecule has 7 heteroatoms. The third kappa shape index (κ3) is 5.37. The van der Waals surface area contributed by atoms with Crippen LogP contribution in [0, 0.1) is 0 Å². The number of morpholine rings is 1. The molecule has 3 N–H and O–H groups in total. The minimum absolute atomic E-state index is 0.224. The first-order valence-electron chi connectivity index (χ1n) is 10.7. The van der Waals surface area contributed by atoms with Crippen molar-refractivity contribution < 1.29 is 9.47 Å². The van der Waals surface area contributed by atoms with Gasteiger partial charge < -0.3 is 25.1 Å². The number of ether oxygens (including phenoxy) is 2. The molecule has 2 heterocycles. The second-order valence-corrected chi connectivity index (χ2v) is 7.63. The summed E-state index contributed by atoms with van der Waals surface area (Å²) in [5.41, 5.74) is 3.53. The predicted molar refractivity (Wildman–Crippen MR) is 125 cm³/mol. The minimum Gasteiger partial charge on any atom is -0.497 e. The molecule has 1 aliphatic rings. The second-order valence-electron chi connectivity index (χ2n) is 7.63. The van der Waals surface area contributed by atoms with Crippen LogP contribution in [0.1, 0.15) is 17.3 Å². The van der Waals surface area contributed by atoms with E-state index >= 15 is 0 Å². The van der Waals surface area contributed by atoms with Crippen LogP contribution < -0.4 is 15.4 Å². The van der Waals surface area contributed by atoms with E-state index in [1.807, 2.05) is 18.2 Å². The third-order valence-electron chi connectivity index (χ3n) is 5.71. The Morgan fingerprint density at radius 1 is 1.13 bits per heavy atom. The van der Waals surface area contributed by atoms with Gasteiger partial charge in [0.2, 0.25) is 0 Å². The fraction of sp³-hybridized carbons (Fsp3) is 0.375. The van der Waals surface area contributed by atoms with E-state index in [0.29, 0.717) is 6.54 Å². The van der Waals surface area contributed by atoms with Gasteiger partial charge in [0.25, 0.3) is 0 Å². The van der Waals surface area contributed by atoms with Gasteiger partial charge in [-0.25, -0.2) is 0 Å². The molecular formula is C24H31N5O2. The molecule has 1 atom stereocenters. The fourth-order valence-corrected chi connectivity index (χ4v) is 3.99. The van der Waals surface area contributed by atoms with E-state index in [2.05, 4.69) is 61.9 Å². The van der Waals surface area contributed by atoms with Gasteiger partial charge in [-0.05, 0) is 35.2 Å². The molecule has 0 aliphatic carbocycles. The van der Waals surface area contributed by atoms with E-state index < -0.39 is 0 Å². The third-order valence-corrected chi connectivity index (χ3v) is 5.71. The fourth-order valence-electron chi connectivity index (χ4n) is 3.99. The first-order chi connectivity index (χ1) is 15.3. The zero-order valence-electron chi connectivity index (χ0n) is 18.2. The number of para-hydroxylation sites is 1. The maximum atomic E-state index is 5.56. The van der Waals surface area contributed by atoms with E-state index in [9.17, 15) is 0 Å². The number of H-pyrrole nitrogens is 1. The number of aliphatic imine (C=N–C) groups is 1. The number of benzene rings is 2. The largest absolute Gasteiger partial charge is 0.497 e. The van der Waals surface area contributed by atoms with Crippen molar-refractivity contribution in [3.63, 3.8) is 0 Å². The van der Waals surface area contributed by atoms with Gasteiger partial charge in [0.1, 0.15) is 5.75 Å². The molecular weight excluding hydrogens is 390 g/mol. The first-order valence-corrected chi connectivity index (χ1v) is 10.7. The van der Waals surface area contributed by atoms with Crippen LogP contribution in [0.15, 0.2) is 59.6 Å². The number of hydrogen-bond donors (Lipinski definition) is 3. The smallest absolute Gasteiger partial charge is 0.191 e. The Bertz CT molecular complexity index is 960. The number of aromatic nitrogens is 1. The van der Waals surface area contributed by atoms with Crippen molar-refractivity contribution in [3.05, 3.63) is 65.9 Å². The highest BCUT2D eigenvalue weighted by Crippen LogP contribution is 2.23. The van der Waals surface area contributed by atoms with Crippen molar-refractivity contribution >= 4 is 16.9 Å². The summed E-state index contributed by atoms with van der Waals surface area (Å²) in [5.74, 6) is 1.65. The lowest BCUT2D eigenvalue weighted by Crippen LogP contribution is -2.46. The monoisotopic (exact) mass is 421 g/mol. The highest BCUT2D eigenvalue weighted by Gasteiger charge is 2.23. The van der Waals surface area contributed by atoms with Crippen LogP contribution in [0.3, 0.4) is 0 Å². The number of guanidine groups is 1. The number of hydrogen-bond acceptors (Lipinski definition) is 4. The summed E-state index contributed by atoms with van der Waals surface area (Å²) in [7, 11) is 3.50. The maximum absolute atomic E-state index is 5.56. The van der Waals surface area contributed by atoms with Crippen molar-refractivity contribution in [2.24, 2.45) is 4.99 Å². The lowest BCUT2D eigenvalue weighted by atomic mass is 10.0. The number of methoxy groups -OCH3 is 1. The van der Waals surface area contributed by atoms with Gasteiger partial charge in [0.15, 0.2) is 5.96 Å². The molecule has 1 unspecified atom stereocenters. The van der Waals surface area contributed by atoms with Crippen molar-refractivity contribution in [3.8, 4) is 5.75 Å². The second kappa shape index (κ2) is 10.3. The Morgan fingerprint density at radius 2 is 1.90 bits per heavy atom. The molecule has 0 amide bonds. The Balaban J connectivity index is 1.40. The first kappa shape index (κ1) is 21.2. The molecule has 0 saturated carbocycles. The molecule has 4 rings (SSSR count). The van der Waals surface area contributed by atoms with E-state index in [-0.39, 0.29) is 6.04 Å². The van der Waals surface area contributed by atoms with E-state index in [1.54, 1.807) is 14.2 Å². The molecule has 1 aliphatic heterocycles. The summed E-state index contributed by atoms with van der Waals surface area (Å²) >= 11 is 0. The van der Waals surface area contributed by atoms with Gasteiger partial charge in [-0.2, -0.15) is 0 Å². The molecule has 164 valence electrons. The van der Waals surface area contributed by atoms with Gasteiger partial charge >= 0.3 is 0 Å². The normalized spacial score (nSPS) is 16.3. The lowest BCUT2D eigenvalue weighted by molar-refractivity contribution is 0.0170. The van der Waals surface area contributed by atoms with Crippen molar-refractivity contribution in [1.82, 2.24) is 20.5 Å². The van der Waals surface area contributed by atoms with Gasteiger partial charge in [-0.3, -0.25) is 9.89 Å². The van der Waals surface area contributed by atoms with E-state index in [0.717, 1.165) is 55.8 Å². The summed E-state index contributed by atoms with van der Waals surface area (Å²) in [5, 5.41) is 8.15. The Morgan fingerprint density at radius 3 is 2.61 bits per heavy atom. The zero-order chi connectivity index (χ0) is 21.5. The van der Waals surface area contributed by atoms with Crippen LogP contribution in [0.25, 0.3) is 10.9 Å². The number of rotatable bonds is 7. The SMILES string of the molecule is CN=C(NCc1cc2ccccc2[nH]1)NCC(c1ccc(OC)cc1)N1CCOCC1. The quantitative estimate of drug-likeness (QED) is 0.404. The van der Waals surface area contributed by atoms with Crippen LogP contribution in [0.2, 0.25) is 0 Å².